The molecule has 3 nitrogen and oxygen atoms in total. The number of Topliss-reactive ketones (excluding diaryl/α,β-unsaturated/α-hetero) is 1. The summed E-state index contributed by atoms with van der Waals surface area (Å²) in [7, 11) is 0. The van der Waals surface area contributed by atoms with E-state index in [9.17, 15) is 9.90 Å². The lowest BCUT2D eigenvalue weighted by atomic mass is 9.98. The molecule has 17 heavy (non-hydrogen) atoms. The maximum absolute atomic E-state index is 11.6. The summed E-state index contributed by atoms with van der Waals surface area (Å²) in [5.74, 6) is -0.231. The molecule has 0 aliphatic carbocycles. The molecular weight excluding hydrogens is 214 g/mol. The normalized spacial score (nSPS) is 13.2. The van der Waals surface area contributed by atoms with Crippen LogP contribution in [0.1, 0.15) is 19.4 Å². The standard InChI is InChI=1S/C14H17NO2/c1-9(2)14(17)13(16)7-10-8-15-12-6-4-3-5-11(10)12/h3-6,8-9,13,15-16H,7H2,1-2H3. The molecule has 0 spiro atoms. The molecule has 2 rings (SSSR count). The number of fused-ring (bicyclic) bond motifs is 1. The smallest absolute Gasteiger partial charge is 0.164 e. The topological polar surface area (TPSA) is 53.1 Å². The van der Waals surface area contributed by atoms with Crippen LogP contribution in [0.3, 0.4) is 0 Å². The summed E-state index contributed by atoms with van der Waals surface area (Å²) in [6, 6.07) is 7.89. The lowest BCUT2D eigenvalue weighted by Crippen LogP contribution is -2.26. The molecule has 1 atom stereocenters. The Balaban J connectivity index is 2.21. The van der Waals surface area contributed by atoms with E-state index in [0.29, 0.717) is 6.42 Å². The van der Waals surface area contributed by atoms with E-state index in [0.717, 1.165) is 16.5 Å². The van der Waals surface area contributed by atoms with Crippen LogP contribution >= 0.6 is 0 Å². The number of ketones is 1. The van der Waals surface area contributed by atoms with Crippen LogP contribution in [-0.2, 0) is 11.2 Å². The van der Waals surface area contributed by atoms with Gasteiger partial charge in [-0.3, -0.25) is 4.79 Å². The minimum absolute atomic E-state index is 0.102. The minimum atomic E-state index is -0.908. The Labute approximate surface area is 100 Å². The van der Waals surface area contributed by atoms with Crippen molar-refractivity contribution in [3.05, 3.63) is 36.0 Å². The van der Waals surface area contributed by atoms with E-state index in [1.54, 1.807) is 13.8 Å². The van der Waals surface area contributed by atoms with Gasteiger partial charge in [0.25, 0.3) is 0 Å². The van der Waals surface area contributed by atoms with E-state index < -0.39 is 6.10 Å². The molecule has 0 aliphatic heterocycles. The van der Waals surface area contributed by atoms with Crippen molar-refractivity contribution in [2.24, 2.45) is 5.92 Å². The van der Waals surface area contributed by atoms with Crippen LogP contribution in [0.15, 0.2) is 30.5 Å². The number of aliphatic hydroxyl groups is 1. The van der Waals surface area contributed by atoms with E-state index in [1.807, 2.05) is 30.5 Å². The van der Waals surface area contributed by atoms with Crippen molar-refractivity contribution in [1.82, 2.24) is 4.98 Å². The first-order valence-electron chi connectivity index (χ1n) is 5.86. The molecule has 0 saturated heterocycles. The van der Waals surface area contributed by atoms with Crippen LogP contribution in [0.5, 0.6) is 0 Å². The maximum atomic E-state index is 11.6. The van der Waals surface area contributed by atoms with Gasteiger partial charge in [-0.25, -0.2) is 0 Å². The van der Waals surface area contributed by atoms with Crippen LogP contribution < -0.4 is 0 Å². The van der Waals surface area contributed by atoms with Gasteiger partial charge in [0.15, 0.2) is 5.78 Å². The summed E-state index contributed by atoms with van der Waals surface area (Å²) < 4.78 is 0. The quantitative estimate of drug-likeness (QED) is 0.848. The molecule has 3 heteroatoms. The number of H-pyrrole nitrogens is 1. The molecule has 0 aliphatic rings. The lowest BCUT2D eigenvalue weighted by Gasteiger charge is -2.11. The van der Waals surface area contributed by atoms with Crippen LogP contribution in [0.4, 0.5) is 0 Å². The van der Waals surface area contributed by atoms with Crippen LogP contribution in [0.25, 0.3) is 10.9 Å². The van der Waals surface area contributed by atoms with E-state index in [2.05, 4.69) is 4.98 Å². The van der Waals surface area contributed by atoms with Crippen molar-refractivity contribution in [3.8, 4) is 0 Å². The molecule has 0 bridgehead atoms. The van der Waals surface area contributed by atoms with Gasteiger partial charge >= 0.3 is 0 Å². The molecular formula is C14H17NO2. The third-order valence-corrected chi connectivity index (χ3v) is 2.99. The van der Waals surface area contributed by atoms with Crippen molar-refractivity contribution in [2.75, 3.05) is 0 Å². The molecule has 2 N–H and O–H groups in total. The summed E-state index contributed by atoms with van der Waals surface area (Å²) >= 11 is 0. The average molecular weight is 231 g/mol. The number of aromatic nitrogens is 1. The molecule has 1 unspecified atom stereocenters. The Kier molecular flexibility index (Phi) is 3.29. The van der Waals surface area contributed by atoms with Gasteiger partial charge in [-0.15, -0.1) is 0 Å². The SMILES string of the molecule is CC(C)C(=O)C(O)Cc1c[nH]c2ccccc12. The fourth-order valence-corrected chi connectivity index (χ4v) is 1.99. The highest BCUT2D eigenvalue weighted by Gasteiger charge is 2.19. The minimum Gasteiger partial charge on any atom is -0.385 e. The third-order valence-electron chi connectivity index (χ3n) is 2.99. The molecule has 0 fully saturated rings. The average Bonchev–Trinajstić information content (AvgIpc) is 2.71. The first-order valence-corrected chi connectivity index (χ1v) is 5.86. The second-order valence-electron chi connectivity index (χ2n) is 4.64. The molecule has 0 saturated carbocycles. The Morgan fingerprint density at radius 1 is 1.35 bits per heavy atom. The maximum Gasteiger partial charge on any atom is 0.164 e. The molecule has 90 valence electrons. The van der Waals surface area contributed by atoms with Crippen LogP contribution in [0, 0.1) is 5.92 Å². The Hall–Kier alpha value is -1.61. The fraction of sp³-hybridized carbons (Fsp3) is 0.357. The zero-order valence-corrected chi connectivity index (χ0v) is 10.1. The Morgan fingerprint density at radius 3 is 2.76 bits per heavy atom. The lowest BCUT2D eigenvalue weighted by molar-refractivity contribution is -0.130. The summed E-state index contributed by atoms with van der Waals surface area (Å²) in [6.07, 6.45) is 1.33. The molecule has 2 aromatic rings. The van der Waals surface area contributed by atoms with Crippen molar-refractivity contribution in [3.63, 3.8) is 0 Å². The van der Waals surface area contributed by atoms with Gasteiger partial charge < -0.3 is 10.1 Å². The number of rotatable bonds is 4. The zero-order chi connectivity index (χ0) is 12.4. The summed E-state index contributed by atoms with van der Waals surface area (Å²) in [4.78, 5) is 14.8. The monoisotopic (exact) mass is 231 g/mol. The van der Waals surface area contributed by atoms with E-state index in [-0.39, 0.29) is 11.7 Å². The molecule has 0 amide bonds. The highest BCUT2D eigenvalue weighted by molar-refractivity contribution is 5.87. The molecule has 1 aromatic carbocycles. The fourth-order valence-electron chi connectivity index (χ4n) is 1.99. The number of hydrogen-bond donors (Lipinski definition) is 2. The molecule has 1 heterocycles. The molecule has 1 aromatic heterocycles. The predicted octanol–water partition coefficient (Wildman–Crippen LogP) is 2.30. The van der Waals surface area contributed by atoms with Crippen LogP contribution in [0.2, 0.25) is 0 Å². The first kappa shape index (κ1) is 11.9. The Bertz CT molecular complexity index is 528. The van der Waals surface area contributed by atoms with Gasteiger partial charge in [0.2, 0.25) is 0 Å². The van der Waals surface area contributed by atoms with Crippen LogP contribution in [-0.4, -0.2) is 22.0 Å². The summed E-state index contributed by atoms with van der Waals surface area (Å²) in [6.45, 7) is 3.61. The van der Waals surface area contributed by atoms with Gasteiger partial charge in [-0.1, -0.05) is 32.0 Å². The number of para-hydroxylation sites is 1. The van der Waals surface area contributed by atoms with Gasteiger partial charge in [-0.2, -0.15) is 0 Å². The second kappa shape index (κ2) is 4.72. The van der Waals surface area contributed by atoms with Crippen molar-refractivity contribution in [1.29, 1.82) is 0 Å². The van der Waals surface area contributed by atoms with E-state index >= 15 is 0 Å². The van der Waals surface area contributed by atoms with Gasteiger partial charge in [0, 0.05) is 29.4 Å². The van der Waals surface area contributed by atoms with Crippen molar-refractivity contribution in [2.45, 2.75) is 26.4 Å². The van der Waals surface area contributed by atoms with E-state index in [4.69, 9.17) is 0 Å². The zero-order valence-electron chi connectivity index (χ0n) is 10.1. The predicted molar refractivity (Wildman–Crippen MR) is 67.9 cm³/mol. The Morgan fingerprint density at radius 2 is 2.06 bits per heavy atom. The van der Waals surface area contributed by atoms with Gasteiger partial charge in [0.05, 0.1) is 0 Å². The van der Waals surface area contributed by atoms with E-state index in [1.165, 1.54) is 0 Å². The van der Waals surface area contributed by atoms with Gasteiger partial charge in [0.1, 0.15) is 6.10 Å². The van der Waals surface area contributed by atoms with Crippen molar-refractivity contribution >= 4 is 16.7 Å². The largest absolute Gasteiger partial charge is 0.385 e. The number of aliphatic hydroxyl groups excluding tert-OH is 1. The summed E-state index contributed by atoms with van der Waals surface area (Å²) in [5, 5.41) is 10.9. The number of benzene rings is 1. The highest BCUT2D eigenvalue weighted by atomic mass is 16.3. The summed E-state index contributed by atoms with van der Waals surface area (Å²) in [5.41, 5.74) is 2.02. The number of hydrogen-bond acceptors (Lipinski definition) is 2. The van der Waals surface area contributed by atoms with Gasteiger partial charge in [-0.05, 0) is 11.6 Å². The number of carbonyl (C=O) groups is 1. The number of aromatic amines is 1. The second-order valence-corrected chi connectivity index (χ2v) is 4.64. The third kappa shape index (κ3) is 2.39. The highest BCUT2D eigenvalue weighted by Crippen LogP contribution is 2.19. The number of nitrogens with one attached hydrogen (secondary N) is 1. The van der Waals surface area contributed by atoms with Crippen molar-refractivity contribution < 1.29 is 9.90 Å². The molecule has 0 radical (unpaired) electrons. The number of carbonyl (C=O) groups excluding carboxylic acids is 1. The first-order chi connectivity index (χ1) is 8.09.